The fourth-order valence-corrected chi connectivity index (χ4v) is 6.17. The Hall–Kier alpha value is -2.33. The van der Waals surface area contributed by atoms with Crippen molar-refractivity contribution >= 4 is 37.3 Å². The van der Waals surface area contributed by atoms with Crippen LogP contribution in [0.4, 0.5) is 0 Å². The zero-order chi connectivity index (χ0) is 19.9. The first-order valence-corrected chi connectivity index (χ1v) is 11.5. The van der Waals surface area contributed by atoms with E-state index >= 15 is 0 Å². The second kappa shape index (κ2) is 7.25. The van der Waals surface area contributed by atoms with Crippen molar-refractivity contribution in [2.75, 3.05) is 13.1 Å². The van der Waals surface area contributed by atoms with Gasteiger partial charge in [0, 0.05) is 25.7 Å². The molecule has 1 aromatic carbocycles. The molecular formula is C18H21N5O3S2. The minimum Gasteiger partial charge on any atom is -0.339 e. The average molecular weight is 420 g/mol. The summed E-state index contributed by atoms with van der Waals surface area (Å²) in [7, 11) is -1.93. The van der Waals surface area contributed by atoms with Gasteiger partial charge in [-0.15, -0.1) is 21.5 Å². The molecule has 0 radical (unpaired) electrons. The number of likely N-dealkylation sites (tertiary alicyclic amines) is 1. The first-order valence-electron chi connectivity index (χ1n) is 9.16. The highest BCUT2D eigenvalue weighted by Gasteiger charge is 2.35. The standard InChI is InChI=1S/C18H21N5O3S2/c1-3-16-20-14-5-4-12(10-15(14)27-16)17(24)23-8-6-13(7-9-23)28(25,26)18-21-19-11-22(18)2/h4-5,10-11,13H,3,6-9H2,1-2H3. The Balaban J connectivity index is 1.47. The van der Waals surface area contributed by atoms with Crippen LogP contribution >= 0.6 is 11.3 Å². The summed E-state index contributed by atoms with van der Waals surface area (Å²) in [5.41, 5.74) is 1.53. The van der Waals surface area contributed by atoms with E-state index in [4.69, 9.17) is 0 Å². The van der Waals surface area contributed by atoms with Crippen molar-refractivity contribution in [3.8, 4) is 0 Å². The number of nitrogens with zero attached hydrogens (tertiary/aromatic N) is 5. The third kappa shape index (κ3) is 3.30. The van der Waals surface area contributed by atoms with Crippen LogP contribution in [0.25, 0.3) is 10.2 Å². The second-order valence-corrected chi connectivity index (χ2v) is 10.1. The Kier molecular flexibility index (Phi) is 4.92. The van der Waals surface area contributed by atoms with E-state index in [1.807, 2.05) is 12.1 Å². The van der Waals surface area contributed by atoms with Gasteiger partial charge in [0.2, 0.25) is 15.0 Å². The fourth-order valence-electron chi connectivity index (χ4n) is 3.49. The van der Waals surface area contributed by atoms with E-state index in [0.717, 1.165) is 21.6 Å². The molecule has 148 valence electrons. The van der Waals surface area contributed by atoms with Crippen LogP contribution in [0, 0.1) is 0 Å². The van der Waals surface area contributed by atoms with Gasteiger partial charge in [0.15, 0.2) is 0 Å². The maximum atomic E-state index is 12.9. The minimum atomic E-state index is -3.55. The lowest BCUT2D eigenvalue weighted by molar-refractivity contribution is 0.0725. The van der Waals surface area contributed by atoms with E-state index in [0.29, 0.717) is 31.5 Å². The van der Waals surface area contributed by atoms with E-state index < -0.39 is 15.1 Å². The molecule has 1 amide bonds. The van der Waals surface area contributed by atoms with Gasteiger partial charge in [0.05, 0.1) is 20.5 Å². The number of benzene rings is 1. The SMILES string of the molecule is CCc1nc2ccc(C(=O)N3CCC(S(=O)(=O)c4nncn4C)CC3)cc2s1. The highest BCUT2D eigenvalue weighted by Crippen LogP contribution is 2.26. The number of carbonyl (C=O) groups excluding carboxylic acids is 1. The van der Waals surface area contributed by atoms with Gasteiger partial charge in [-0.3, -0.25) is 4.79 Å². The van der Waals surface area contributed by atoms with Crippen LogP contribution in [-0.4, -0.2) is 57.3 Å². The maximum Gasteiger partial charge on any atom is 0.253 e. The number of fused-ring (bicyclic) bond motifs is 1. The molecule has 10 heteroatoms. The topological polar surface area (TPSA) is 98.1 Å². The molecule has 0 atom stereocenters. The van der Waals surface area contributed by atoms with Crippen LogP contribution in [0.3, 0.4) is 0 Å². The summed E-state index contributed by atoms with van der Waals surface area (Å²) in [5, 5.41) is 7.90. The summed E-state index contributed by atoms with van der Waals surface area (Å²) in [6.07, 6.45) is 3.04. The van der Waals surface area contributed by atoms with Crippen LogP contribution in [0.15, 0.2) is 29.7 Å². The average Bonchev–Trinajstić information content (AvgIpc) is 3.32. The van der Waals surface area contributed by atoms with Gasteiger partial charge in [-0.1, -0.05) is 6.92 Å². The maximum absolute atomic E-state index is 12.9. The summed E-state index contributed by atoms with van der Waals surface area (Å²) in [6, 6.07) is 5.56. The quantitative estimate of drug-likeness (QED) is 0.642. The molecule has 0 N–H and O–H groups in total. The number of aryl methyl sites for hydroxylation is 2. The lowest BCUT2D eigenvalue weighted by Crippen LogP contribution is -2.42. The molecule has 1 saturated heterocycles. The predicted molar refractivity (Wildman–Crippen MR) is 106 cm³/mol. The molecule has 8 nitrogen and oxygen atoms in total. The molecule has 0 bridgehead atoms. The Bertz CT molecular complexity index is 1130. The number of carbonyl (C=O) groups is 1. The van der Waals surface area contributed by atoms with Crippen LogP contribution < -0.4 is 0 Å². The minimum absolute atomic E-state index is 0.0142. The smallest absolute Gasteiger partial charge is 0.253 e. The number of thiazole rings is 1. The first-order chi connectivity index (χ1) is 13.4. The number of piperidine rings is 1. The zero-order valence-electron chi connectivity index (χ0n) is 15.7. The van der Waals surface area contributed by atoms with Crippen LogP contribution in [0.2, 0.25) is 0 Å². The van der Waals surface area contributed by atoms with Crippen molar-refractivity contribution in [3.05, 3.63) is 35.1 Å². The number of sulfone groups is 1. The van der Waals surface area contributed by atoms with Crippen molar-refractivity contribution in [2.45, 2.75) is 36.6 Å². The van der Waals surface area contributed by atoms with Crippen LogP contribution in [0.5, 0.6) is 0 Å². The molecule has 0 unspecified atom stereocenters. The monoisotopic (exact) mass is 419 g/mol. The van der Waals surface area contributed by atoms with Gasteiger partial charge in [0.1, 0.15) is 6.33 Å². The molecule has 1 aliphatic rings. The molecule has 4 rings (SSSR count). The summed E-state index contributed by atoms with van der Waals surface area (Å²) in [4.78, 5) is 19.1. The molecule has 0 saturated carbocycles. The van der Waals surface area contributed by atoms with E-state index in [-0.39, 0.29) is 11.1 Å². The van der Waals surface area contributed by atoms with Crippen molar-refractivity contribution in [1.29, 1.82) is 0 Å². The largest absolute Gasteiger partial charge is 0.339 e. The molecule has 1 fully saturated rings. The van der Waals surface area contributed by atoms with Gasteiger partial charge < -0.3 is 9.47 Å². The summed E-state index contributed by atoms with van der Waals surface area (Å²) in [5.74, 6) is -0.0668. The Morgan fingerprint density at radius 1 is 1.29 bits per heavy atom. The third-order valence-electron chi connectivity index (χ3n) is 5.07. The van der Waals surface area contributed by atoms with Crippen molar-refractivity contribution < 1.29 is 13.2 Å². The summed E-state index contributed by atoms with van der Waals surface area (Å²) < 4.78 is 27.9. The lowest BCUT2D eigenvalue weighted by Gasteiger charge is -2.31. The van der Waals surface area contributed by atoms with E-state index in [9.17, 15) is 13.2 Å². The molecule has 1 aliphatic heterocycles. The first kappa shape index (κ1) is 19.0. The van der Waals surface area contributed by atoms with Crippen molar-refractivity contribution in [3.63, 3.8) is 0 Å². The highest BCUT2D eigenvalue weighted by atomic mass is 32.2. The molecule has 0 aliphatic carbocycles. The van der Waals surface area contributed by atoms with E-state index in [2.05, 4.69) is 22.1 Å². The normalized spacial score (nSPS) is 16.0. The van der Waals surface area contributed by atoms with Gasteiger partial charge in [-0.25, -0.2) is 13.4 Å². The number of aromatic nitrogens is 4. The number of amides is 1. The number of hydrogen-bond acceptors (Lipinski definition) is 7. The summed E-state index contributed by atoms with van der Waals surface area (Å²) in [6.45, 7) is 2.87. The van der Waals surface area contributed by atoms with Crippen molar-refractivity contribution in [2.24, 2.45) is 7.05 Å². The Labute approximate surface area is 167 Å². The molecule has 3 aromatic rings. The zero-order valence-corrected chi connectivity index (χ0v) is 17.3. The molecule has 3 heterocycles. The Morgan fingerprint density at radius 3 is 2.68 bits per heavy atom. The van der Waals surface area contributed by atoms with Gasteiger partial charge in [0.25, 0.3) is 5.91 Å². The van der Waals surface area contributed by atoms with Gasteiger partial charge >= 0.3 is 0 Å². The Morgan fingerprint density at radius 2 is 2.04 bits per heavy atom. The molecule has 28 heavy (non-hydrogen) atoms. The van der Waals surface area contributed by atoms with E-state index in [1.54, 1.807) is 29.4 Å². The van der Waals surface area contributed by atoms with E-state index in [1.165, 1.54) is 10.9 Å². The van der Waals surface area contributed by atoms with Crippen molar-refractivity contribution in [1.82, 2.24) is 24.6 Å². The fraction of sp³-hybridized carbons (Fsp3) is 0.444. The van der Waals surface area contributed by atoms with Gasteiger partial charge in [-0.05, 0) is 37.5 Å². The van der Waals surface area contributed by atoms with Crippen LogP contribution in [0.1, 0.15) is 35.1 Å². The lowest BCUT2D eigenvalue weighted by atomic mass is 10.1. The van der Waals surface area contributed by atoms with Crippen LogP contribution in [-0.2, 0) is 23.3 Å². The summed E-state index contributed by atoms with van der Waals surface area (Å²) >= 11 is 1.60. The van der Waals surface area contributed by atoms with Gasteiger partial charge in [-0.2, -0.15) is 0 Å². The number of rotatable bonds is 4. The molecule has 2 aromatic heterocycles. The number of hydrogen-bond donors (Lipinski definition) is 0. The molecule has 0 spiro atoms. The predicted octanol–water partition coefficient (Wildman–Crippen LogP) is 2.07. The second-order valence-electron chi connectivity index (χ2n) is 6.90. The molecular weight excluding hydrogens is 398 g/mol. The third-order valence-corrected chi connectivity index (χ3v) is 8.46. The highest BCUT2D eigenvalue weighted by molar-refractivity contribution is 7.91.